The van der Waals surface area contributed by atoms with Crippen LogP contribution in [0.3, 0.4) is 0 Å². The highest BCUT2D eigenvalue weighted by molar-refractivity contribution is 7.14. The van der Waals surface area contributed by atoms with Crippen LogP contribution in [0.1, 0.15) is 14.5 Å². The molecule has 1 aromatic carbocycles. The van der Waals surface area contributed by atoms with Crippen LogP contribution in [-0.2, 0) is 0 Å². The third-order valence-corrected chi connectivity index (χ3v) is 3.91. The van der Waals surface area contributed by atoms with E-state index in [1.165, 1.54) is 23.5 Å². The summed E-state index contributed by atoms with van der Waals surface area (Å²) in [5, 5.41) is 10.8. The van der Waals surface area contributed by atoms with Gasteiger partial charge in [0.1, 0.15) is 6.61 Å². The van der Waals surface area contributed by atoms with Crippen LogP contribution >= 0.6 is 34.5 Å². The Kier molecular flexibility index (Phi) is 5.21. The van der Waals surface area contributed by atoms with Gasteiger partial charge in [-0.2, -0.15) is 0 Å². The predicted molar refractivity (Wildman–Crippen MR) is 82.7 cm³/mol. The second-order valence-electron chi connectivity index (χ2n) is 3.83. The minimum Gasteiger partial charge on any atom is -0.384 e. The van der Waals surface area contributed by atoms with Gasteiger partial charge in [0.15, 0.2) is 5.82 Å². The molecule has 0 unspecified atom stereocenters. The summed E-state index contributed by atoms with van der Waals surface area (Å²) in [6.07, 6.45) is 0. The van der Waals surface area contributed by atoms with E-state index in [0.29, 0.717) is 15.4 Å². The molecule has 0 spiro atoms. The van der Waals surface area contributed by atoms with Crippen molar-refractivity contribution in [3.8, 4) is 11.8 Å². The Morgan fingerprint density at radius 2 is 2.00 bits per heavy atom. The molecule has 0 aliphatic rings. The first-order valence-electron chi connectivity index (χ1n) is 5.66. The van der Waals surface area contributed by atoms with Gasteiger partial charge in [-0.15, -0.1) is 11.3 Å². The first kappa shape index (κ1) is 15.8. The average molecular weight is 344 g/mol. The van der Waals surface area contributed by atoms with E-state index in [4.69, 9.17) is 28.3 Å². The lowest BCUT2D eigenvalue weighted by Crippen LogP contribution is -2.10. The number of halogens is 3. The highest BCUT2D eigenvalue weighted by atomic mass is 35.5. The molecule has 0 radical (unpaired) electrons. The van der Waals surface area contributed by atoms with Gasteiger partial charge >= 0.3 is 0 Å². The molecule has 1 amide bonds. The fourth-order valence-electron chi connectivity index (χ4n) is 1.47. The second-order valence-corrected chi connectivity index (χ2v) is 5.73. The number of rotatable bonds is 2. The number of anilines is 1. The Morgan fingerprint density at radius 3 is 2.62 bits per heavy atom. The van der Waals surface area contributed by atoms with E-state index < -0.39 is 5.82 Å². The molecule has 0 aliphatic carbocycles. The second kappa shape index (κ2) is 6.92. The fraction of sp³-hybridized carbons (Fsp3) is 0.0714. The Labute approximate surface area is 134 Å². The average Bonchev–Trinajstić information content (AvgIpc) is 2.91. The smallest absolute Gasteiger partial charge is 0.265 e. The number of hydrogen-bond donors (Lipinski definition) is 2. The summed E-state index contributed by atoms with van der Waals surface area (Å²) in [5.41, 5.74) is 0.299. The van der Waals surface area contributed by atoms with Gasteiger partial charge in [0.2, 0.25) is 0 Å². The van der Waals surface area contributed by atoms with Crippen LogP contribution in [0.15, 0.2) is 24.3 Å². The standard InChI is InChI=1S/C14H8Cl2FNO2S/c15-10-6-8(7-11(16)13(10)17)18-14(20)12-4-3-9(21-12)2-1-5-19/h3-4,6-7,19H,5H2,(H,18,20). The quantitative estimate of drug-likeness (QED) is 0.643. The van der Waals surface area contributed by atoms with E-state index in [0.717, 1.165) is 0 Å². The largest absolute Gasteiger partial charge is 0.384 e. The molecule has 0 atom stereocenters. The number of nitrogens with one attached hydrogen (secondary N) is 1. The van der Waals surface area contributed by atoms with Crippen molar-refractivity contribution >= 4 is 46.1 Å². The number of aliphatic hydroxyl groups is 1. The van der Waals surface area contributed by atoms with E-state index in [9.17, 15) is 9.18 Å². The number of benzene rings is 1. The fourth-order valence-corrected chi connectivity index (χ4v) is 2.74. The van der Waals surface area contributed by atoms with Gasteiger partial charge < -0.3 is 10.4 Å². The minimum absolute atomic E-state index is 0.168. The van der Waals surface area contributed by atoms with Gasteiger partial charge in [-0.1, -0.05) is 35.0 Å². The maximum atomic E-state index is 13.3. The van der Waals surface area contributed by atoms with Gasteiger partial charge in [0.05, 0.1) is 19.8 Å². The molecule has 2 rings (SSSR count). The van der Waals surface area contributed by atoms with E-state index in [-0.39, 0.29) is 22.6 Å². The van der Waals surface area contributed by atoms with Crippen molar-refractivity contribution in [1.82, 2.24) is 0 Å². The summed E-state index contributed by atoms with van der Waals surface area (Å²) in [6, 6.07) is 5.84. The molecule has 0 fully saturated rings. The van der Waals surface area contributed by atoms with Gasteiger partial charge in [0, 0.05) is 5.69 Å². The van der Waals surface area contributed by atoms with E-state index >= 15 is 0 Å². The highest BCUT2D eigenvalue weighted by Crippen LogP contribution is 2.28. The summed E-state index contributed by atoms with van der Waals surface area (Å²) < 4.78 is 13.3. The molecule has 0 saturated heterocycles. The SMILES string of the molecule is O=C(Nc1cc(Cl)c(F)c(Cl)c1)c1ccc(C#CCO)s1. The van der Waals surface area contributed by atoms with Crippen molar-refractivity contribution in [2.75, 3.05) is 11.9 Å². The third-order valence-electron chi connectivity index (χ3n) is 2.36. The molecule has 0 saturated carbocycles. The first-order valence-corrected chi connectivity index (χ1v) is 7.24. The first-order chi connectivity index (χ1) is 10.0. The summed E-state index contributed by atoms with van der Waals surface area (Å²) in [7, 11) is 0. The molecule has 2 N–H and O–H groups in total. The summed E-state index contributed by atoms with van der Waals surface area (Å²) in [4.78, 5) is 13.1. The maximum absolute atomic E-state index is 13.3. The molecule has 0 bridgehead atoms. The molecule has 2 aromatic rings. The van der Waals surface area contributed by atoms with Crippen molar-refractivity contribution in [3.63, 3.8) is 0 Å². The zero-order chi connectivity index (χ0) is 15.4. The van der Waals surface area contributed by atoms with E-state index in [1.807, 2.05) is 0 Å². The molecular formula is C14H8Cl2FNO2S. The Bertz CT molecular complexity index is 726. The lowest BCUT2D eigenvalue weighted by molar-refractivity contribution is 0.103. The Morgan fingerprint density at radius 1 is 1.33 bits per heavy atom. The monoisotopic (exact) mass is 343 g/mol. The zero-order valence-electron chi connectivity index (χ0n) is 10.4. The van der Waals surface area contributed by atoms with Gasteiger partial charge in [-0.3, -0.25) is 4.79 Å². The van der Waals surface area contributed by atoms with Crippen molar-refractivity contribution in [2.45, 2.75) is 0 Å². The van der Waals surface area contributed by atoms with Crippen LogP contribution in [-0.4, -0.2) is 17.6 Å². The van der Waals surface area contributed by atoms with Gasteiger partial charge in [-0.25, -0.2) is 4.39 Å². The topological polar surface area (TPSA) is 49.3 Å². The highest BCUT2D eigenvalue weighted by Gasteiger charge is 2.12. The van der Waals surface area contributed by atoms with Crippen molar-refractivity contribution in [1.29, 1.82) is 0 Å². The minimum atomic E-state index is -0.728. The number of thiophene rings is 1. The molecule has 108 valence electrons. The van der Waals surface area contributed by atoms with Crippen LogP contribution in [0.4, 0.5) is 10.1 Å². The lowest BCUT2D eigenvalue weighted by atomic mass is 10.3. The summed E-state index contributed by atoms with van der Waals surface area (Å²) in [6.45, 7) is -0.244. The van der Waals surface area contributed by atoms with Crippen LogP contribution in [0.5, 0.6) is 0 Å². The predicted octanol–water partition coefficient (Wildman–Crippen LogP) is 3.79. The number of hydrogen-bond acceptors (Lipinski definition) is 3. The molecule has 1 aromatic heterocycles. The van der Waals surface area contributed by atoms with Crippen molar-refractivity contribution < 1.29 is 14.3 Å². The summed E-state index contributed by atoms with van der Waals surface area (Å²) >= 11 is 12.5. The van der Waals surface area contributed by atoms with Crippen LogP contribution in [0.2, 0.25) is 10.0 Å². The molecule has 7 heteroatoms. The number of aliphatic hydroxyl groups excluding tert-OH is 1. The van der Waals surface area contributed by atoms with Crippen molar-refractivity contribution in [2.24, 2.45) is 0 Å². The molecular weight excluding hydrogens is 336 g/mol. The zero-order valence-corrected chi connectivity index (χ0v) is 12.7. The van der Waals surface area contributed by atoms with Crippen LogP contribution in [0.25, 0.3) is 0 Å². The van der Waals surface area contributed by atoms with Gasteiger partial charge in [0.25, 0.3) is 5.91 Å². The van der Waals surface area contributed by atoms with E-state index in [2.05, 4.69) is 17.2 Å². The molecule has 21 heavy (non-hydrogen) atoms. The van der Waals surface area contributed by atoms with Crippen LogP contribution < -0.4 is 5.32 Å². The number of carbonyl (C=O) groups is 1. The molecule has 3 nitrogen and oxygen atoms in total. The normalized spacial score (nSPS) is 9.90. The summed E-state index contributed by atoms with van der Waals surface area (Å²) in [5.74, 6) is 4.09. The Hall–Kier alpha value is -1.58. The lowest BCUT2D eigenvalue weighted by Gasteiger charge is -2.06. The maximum Gasteiger partial charge on any atom is 0.265 e. The van der Waals surface area contributed by atoms with Gasteiger partial charge in [-0.05, 0) is 24.3 Å². The number of carbonyl (C=O) groups excluding carboxylic acids is 1. The van der Waals surface area contributed by atoms with Crippen LogP contribution in [0, 0.1) is 17.7 Å². The third kappa shape index (κ3) is 3.96. The van der Waals surface area contributed by atoms with E-state index in [1.54, 1.807) is 12.1 Å². The molecule has 1 heterocycles. The Balaban J connectivity index is 2.16. The van der Waals surface area contributed by atoms with Crippen molar-refractivity contribution in [3.05, 3.63) is 49.9 Å². The number of amides is 1. The molecule has 0 aliphatic heterocycles.